The molecule has 4 nitrogen and oxygen atoms in total. The lowest BCUT2D eigenvalue weighted by Crippen LogP contribution is -2.46. The Bertz CT molecular complexity index is 474. The molecule has 1 aliphatic carbocycles. The summed E-state index contributed by atoms with van der Waals surface area (Å²) < 4.78 is 19.0. The van der Waals surface area contributed by atoms with Gasteiger partial charge in [0.2, 0.25) is 0 Å². The molecule has 2 rings (SSSR count). The molecule has 1 aliphatic rings. The molecular weight excluding hydrogens is 273 g/mol. The Morgan fingerprint density at radius 1 is 1.43 bits per heavy atom. The number of rotatable bonds is 6. The first-order chi connectivity index (χ1) is 10.1. The lowest BCUT2D eigenvalue weighted by Gasteiger charge is -2.30. The van der Waals surface area contributed by atoms with E-state index in [-0.39, 0.29) is 24.3 Å². The van der Waals surface area contributed by atoms with Crippen LogP contribution in [0.3, 0.4) is 0 Å². The van der Waals surface area contributed by atoms with Crippen LogP contribution in [0.4, 0.5) is 4.39 Å². The van der Waals surface area contributed by atoms with Crippen LogP contribution >= 0.6 is 0 Å². The molecule has 5 heteroatoms. The Morgan fingerprint density at radius 2 is 2.10 bits per heavy atom. The largest absolute Gasteiger partial charge is 0.478 e. The Labute approximate surface area is 124 Å². The second-order valence-electron chi connectivity index (χ2n) is 5.38. The zero-order valence-electron chi connectivity index (χ0n) is 12.3. The molecular formula is C16H22FNO3. The summed E-state index contributed by atoms with van der Waals surface area (Å²) in [7, 11) is 0. The van der Waals surface area contributed by atoms with Gasteiger partial charge in [0.15, 0.2) is 17.7 Å². The third kappa shape index (κ3) is 3.94. The van der Waals surface area contributed by atoms with Crippen molar-refractivity contribution in [2.45, 2.75) is 44.8 Å². The Balaban J connectivity index is 2.03. The van der Waals surface area contributed by atoms with Crippen molar-refractivity contribution in [3.8, 4) is 5.75 Å². The third-order valence-electron chi connectivity index (χ3n) is 3.88. The van der Waals surface area contributed by atoms with Crippen molar-refractivity contribution in [2.75, 3.05) is 13.2 Å². The molecule has 0 aliphatic heterocycles. The van der Waals surface area contributed by atoms with E-state index in [1.54, 1.807) is 24.0 Å². The number of amides is 1. The highest BCUT2D eigenvalue weighted by Crippen LogP contribution is 2.25. The van der Waals surface area contributed by atoms with Crippen LogP contribution in [0.1, 0.15) is 32.6 Å². The van der Waals surface area contributed by atoms with Crippen molar-refractivity contribution in [1.82, 2.24) is 4.90 Å². The van der Waals surface area contributed by atoms with Crippen LogP contribution < -0.4 is 4.74 Å². The molecule has 0 aromatic heterocycles. The minimum absolute atomic E-state index is 0.0747. The second kappa shape index (κ2) is 7.41. The van der Waals surface area contributed by atoms with Crippen molar-refractivity contribution in [3.05, 3.63) is 30.1 Å². The maximum absolute atomic E-state index is 13.6. The highest BCUT2D eigenvalue weighted by atomic mass is 19.1. The molecule has 0 heterocycles. The zero-order chi connectivity index (χ0) is 15.2. The molecule has 1 aromatic rings. The van der Waals surface area contributed by atoms with Gasteiger partial charge in [-0.05, 0) is 31.9 Å². The number of aliphatic hydroxyl groups is 1. The zero-order valence-corrected chi connectivity index (χ0v) is 12.3. The topological polar surface area (TPSA) is 49.8 Å². The van der Waals surface area contributed by atoms with E-state index in [9.17, 15) is 9.18 Å². The van der Waals surface area contributed by atoms with E-state index in [0.717, 1.165) is 25.7 Å². The third-order valence-corrected chi connectivity index (χ3v) is 3.88. The van der Waals surface area contributed by atoms with Gasteiger partial charge in [0.05, 0.1) is 6.61 Å². The number of carbonyl (C=O) groups excluding carboxylic acids is 1. The summed E-state index contributed by atoms with van der Waals surface area (Å²) in [5, 5.41) is 9.17. The van der Waals surface area contributed by atoms with Crippen molar-refractivity contribution >= 4 is 5.91 Å². The van der Waals surface area contributed by atoms with Crippen molar-refractivity contribution < 1.29 is 19.0 Å². The van der Waals surface area contributed by atoms with Gasteiger partial charge in [-0.2, -0.15) is 0 Å². The normalized spacial score (nSPS) is 16.7. The summed E-state index contributed by atoms with van der Waals surface area (Å²) in [6.45, 7) is 1.84. The van der Waals surface area contributed by atoms with Crippen LogP contribution in [0.5, 0.6) is 5.75 Å². The summed E-state index contributed by atoms with van der Waals surface area (Å²) in [4.78, 5) is 14.2. The lowest BCUT2D eigenvalue weighted by atomic mass is 10.2. The molecule has 1 saturated carbocycles. The fourth-order valence-electron chi connectivity index (χ4n) is 2.81. The Kier molecular flexibility index (Phi) is 5.56. The van der Waals surface area contributed by atoms with Gasteiger partial charge in [0, 0.05) is 12.6 Å². The first-order valence-electron chi connectivity index (χ1n) is 7.46. The maximum Gasteiger partial charge on any atom is 0.263 e. The first-order valence-corrected chi connectivity index (χ1v) is 7.46. The minimum atomic E-state index is -0.769. The van der Waals surface area contributed by atoms with Crippen LogP contribution in [0, 0.1) is 5.82 Å². The number of carbonyl (C=O) groups is 1. The van der Waals surface area contributed by atoms with E-state index in [1.807, 2.05) is 0 Å². The van der Waals surface area contributed by atoms with Gasteiger partial charge in [-0.1, -0.05) is 25.0 Å². The number of aliphatic hydroxyl groups excluding tert-OH is 1. The minimum Gasteiger partial charge on any atom is -0.478 e. The van der Waals surface area contributed by atoms with E-state index in [0.29, 0.717) is 6.54 Å². The summed E-state index contributed by atoms with van der Waals surface area (Å²) in [6, 6.07) is 6.21. The fourth-order valence-corrected chi connectivity index (χ4v) is 2.81. The van der Waals surface area contributed by atoms with Crippen LogP contribution in [0.25, 0.3) is 0 Å². The molecule has 1 atom stereocenters. The average Bonchev–Trinajstić information content (AvgIpc) is 3.00. The van der Waals surface area contributed by atoms with Crippen LogP contribution in [-0.2, 0) is 4.79 Å². The summed E-state index contributed by atoms with van der Waals surface area (Å²) in [5.41, 5.74) is 0. The standard InChI is InChI=1S/C16H22FNO3/c1-12(21-15-9-5-4-8-14(15)17)16(20)18(10-11-19)13-6-2-3-7-13/h4-5,8-9,12-13,19H,2-3,6-7,10-11H2,1H3. The van der Waals surface area contributed by atoms with Gasteiger partial charge < -0.3 is 14.7 Å². The van der Waals surface area contributed by atoms with Crippen LogP contribution in [0.2, 0.25) is 0 Å². The molecule has 1 unspecified atom stereocenters. The molecule has 1 N–H and O–H groups in total. The Morgan fingerprint density at radius 3 is 2.71 bits per heavy atom. The molecule has 1 amide bonds. The molecule has 0 spiro atoms. The highest BCUT2D eigenvalue weighted by molar-refractivity contribution is 5.81. The van der Waals surface area contributed by atoms with Gasteiger partial charge in [0.1, 0.15) is 0 Å². The number of hydrogen-bond donors (Lipinski definition) is 1. The molecule has 1 fully saturated rings. The van der Waals surface area contributed by atoms with E-state index < -0.39 is 11.9 Å². The van der Waals surface area contributed by atoms with Crippen molar-refractivity contribution in [3.63, 3.8) is 0 Å². The summed E-state index contributed by atoms with van der Waals surface area (Å²) in [6.07, 6.45) is 3.34. The van der Waals surface area contributed by atoms with E-state index in [2.05, 4.69) is 0 Å². The van der Waals surface area contributed by atoms with Crippen LogP contribution in [0.15, 0.2) is 24.3 Å². The maximum atomic E-state index is 13.6. The number of ether oxygens (including phenoxy) is 1. The van der Waals surface area contributed by atoms with Gasteiger partial charge in [-0.15, -0.1) is 0 Å². The average molecular weight is 295 g/mol. The second-order valence-corrected chi connectivity index (χ2v) is 5.38. The number of hydrogen-bond acceptors (Lipinski definition) is 3. The monoisotopic (exact) mass is 295 g/mol. The van der Waals surface area contributed by atoms with Gasteiger partial charge in [-0.3, -0.25) is 4.79 Å². The predicted octanol–water partition coefficient (Wildman–Crippen LogP) is 2.36. The highest BCUT2D eigenvalue weighted by Gasteiger charge is 2.30. The molecule has 0 bridgehead atoms. The van der Waals surface area contributed by atoms with Crippen LogP contribution in [-0.4, -0.2) is 41.2 Å². The van der Waals surface area contributed by atoms with E-state index in [4.69, 9.17) is 9.84 Å². The Hall–Kier alpha value is -1.62. The molecule has 21 heavy (non-hydrogen) atoms. The number of nitrogens with zero attached hydrogens (tertiary/aromatic N) is 1. The van der Waals surface area contributed by atoms with Gasteiger partial charge in [-0.25, -0.2) is 4.39 Å². The summed E-state index contributed by atoms with van der Waals surface area (Å²) in [5.74, 6) is -0.598. The van der Waals surface area contributed by atoms with E-state index >= 15 is 0 Å². The smallest absolute Gasteiger partial charge is 0.263 e. The molecule has 0 radical (unpaired) electrons. The number of benzene rings is 1. The van der Waals surface area contributed by atoms with Crippen molar-refractivity contribution in [2.24, 2.45) is 0 Å². The summed E-state index contributed by atoms with van der Waals surface area (Å²) >= 11 is 0. The van der Waals surface area contributed by atoms with E-state index in [1.165, 1.54) is 12.1 Å². The molecule has 1 aromatic carbocycles. The SMILES string of the molecule is CC(Oc1ccccc1F)C(=O)N(CCO)C1CCCC1. The molecule has 116 valence electrons. The number of para-hydroxylation sites is 1. The molecule has 0 saturated heterocycles. The number of halogens is 1. The van der Waals surface area contributed by atoms with Gasteiger partial charge in [0.25, 0.3) is 5.91 Å². The predicted molar refractivity (Wildman–Crippen MR) is 77.5 cm³/mol. The first kappa shape index (κ1) is 15.8. The fraction of sp³-hybridized carbons (Fsp3) is 0.562. The quantitative estimate of drug-likeness (QED) is 0.876. The van der Waals surface area contributed by atoms with Crippen molar-refractivity contribution in [1.29, 1.82) is 0 Å². The lowest BCUT2D eigenvalue weighted by molar-refractivity contribution is -0.141. The van der Waals surface area contributed by atoms with Gasteiger partial charge >= 0.3 is 0 Å².